The molecular formula is C27H21N3O4S4. The van der Waals surface area contributed by atoms with Crippen LogP contribution in [0.4, 0.5) is 5.00 Å². The number of carbonyl (C=O) groups is 2. The van der Waals surface area contributed by atoms with Gasteiger partial charge in [0.2, 0.25) is 5.91 Å². The second kappa shape index (κ2) is 10.5. The number of amides is 1. The van der Waals surface area contributed by atoms with Crippen molar-refractivity contribution in [1.29, 1.82) is 0 Å². The molecule has 1 aliphatic rings. The van der Waals surface area contributed by atoms with Crippen LogP contribution in [0.25, 0.3) is 26.3 Å². The van der Waals surface area contributed by atoms with Crippen LogP contribution in [0.15, 0.2) is 63.2 Å². The summed E-state index contributed by atoms with van der Waals surface area (Å²) in [6.07, 6.45) is 2.93. The van der Waals surface area contributed by atoms with Gasteiger partial charge in [0.1, 0.15) is 15.4 Å². The van der Waals surface area contributed by atoms with Crippen LogP contribution in [0.2, 0.25) is 0 Å². The number of ether oxygens (including phenoxy) is 1. The van der Waals surface area contributed by atoms with E-state index in [0.717, 1.165) is 40.1 Å². The first kappa shape index (κ1) is 25.1. The Bertz CT molecular complexity index is 1720. The van der Waals surface area contributed by atoms with Crippen molar-refractivity contribution in [1.82, 2.24) is 9.55 Å². The smallest absolute Gasteiger partial charge is 0.341 e. The molecule has 4 aromatic heterocycles. The van der Waals surface area contributed by atoms with Crippen molar-refractivity contribution in [3.05, 3.63) is 79.6 Å². The van der Waals surface area contributed by atoms with Crippen LogP contribution in [0.5, 0.6) is 0 Å². The Hall–Kier alpha value is -3.25. The number of anilines is 1. The Morgan fingerprint density at radius 3 is 2.74 bits per heavy atom. The molecule has 0 radical (unpaired) electrons. The lowest BCUT2D eigenvalue weighted by atomic mass is 10.1. The van der Waals surface area contributed by atoms with Crippen LogP contribution in [-0.2, 0) is 22.4 Å². The number of benzene rings is 1. The summed E-state index contributed by atoms with van der Waals surface area (Å²) in [5.74, 6) is -0.793. The largest absolute Gasteiger partial charge is 0.465 e. The molecule has 1 aromatic carbocycles. The van der Waals surface area contributed by atoms with Crippen molar-refractivity contribution < 1.29 is 14.3 Å². The highest BCUT2D eigenvalue weighted by molar-refractivity contribution is 7.99. The number of fused-ring (bicyclic) bond motifs is 3. The number of nitrogens with zero attached hydrogens (tertiary/aromatic N) is 2. The van der Waals surface area contributed by atoms with Gasteiger partial charge in [-0.15, -0.1) is 34.0 Å². The molecule has 0 unspecified atom stereocenters. The first-order valence-corrected chi connectivity index (χ1v) is 15.4. The third-order valence-corrected chi connectivity index (χ3v) is 10.2. The SMILES string of the molecule is COC(=O)c1c(-c2cccs2)csc1NC(=O)CSc1nc2sc3c(c2c(=O)n1-c1ccccc1)CCC3. The standard InChI is InChI=1S/C27H21N3O4S4/c1-34-26(33)22-17(18-11-6-12-35-18)13-36-23(22)28-20(31)14-37-27-29-24-21(16-9-5-10-19(16)38-24)25(32)30(27)15-7-3-2-4-8-15/h2-4,6-8,11-13H,5,9-10,14H2,1H3,(H,28,31). The van der Waals surface area contributed by atoms with E-state index < -0.39 is 5.97 Å². The number of thiophene rings is 3. The molecule has 11 heteroatoms. The maximum Gasteiger partial charge on any atom is 0.341 e. The molecule has 0 spiro atoms. The van der Waals surface area contributed by atoms with Gasteiger partial charge in [0.25, 0.3) is 5.56 Å². The zero-order chi connectivity index (χ0) is 26.2. The minimum Gasteiger partial charge on any atom is -0.465 e. The number of thioether (sulfide) groups is 1. The van der Waals surface area contributed by atoms with E-state index in [1.165, 1.54) is 46.4 Å². The van der Waals surface area contributed by atoms with Gasteiger partial charge in [-0.05, 0) is 48.4 Å². The Kier molecular flexibility index (Phi) is 6.91. The molecule has 192 valence electrons. The number of methoxy groups -OCH3 is 1. The number of hydrogen-bond donors (Lipinski definition) is 1. The third kappa shape index (κ3) is 4.49. The second-order valence-corrected chi connectivity index (χ2v) is 12.4. The molecule has 0 saturated heterocycles. The van der Waals surface area contributed by atoms with Gasteiger partial charge < -0.3 is 10.1 Å². The van der Waals surface area contributed by atoms with Crippen LogP contribution in [-0.4, -0.2) is 34.3 Å². The summed E-state index contributed by atoms with van der Waals surface area (Å²) < 4.78 is 6.60. The van der Waals surface area contributed by atoms with E-state index in [1.54, 1.807) is 15.9 Å². The first-order chi connectivity index (χ1) is 18.5. The number of rotatable bonds is 7. The van der Waals surface area contributed by atoms with Gasteiger partial charge in [0, 0.05) is 20.7 Å². The monoisotopic (exact) mass is 579 g/mol. The molecule has 0 bridgehead atoms. The number of esters is 1. The highest BCUT2D eigenvalue weighted by Crippen LogP contribution is 2.39. The Balaban J connectivity index is 1.31. The molecule has 7 nitrogen and oxygen atoms in total. The predicted octanol–water partition coefficient (Wildman–Crippen LogP) is 6.24. The highest BCUT2D eigenvalue weighted by Gasteiger charge is 2.25. The summed E-state index contributed by atoms with van der Waals surface area (Å²) in [7, 11) is 1.32. The molecule has 1 amide bonds. The Labute approximate surface area is 234 Å². The fourth-order valence-corrected chi connectivity index (χ4v) is 8.49. The van der Waals surface area contributed by atoms with Gasteiger partial charge >= 0.3 is 5.97 Å². The maximum atomic E-state index is 13.7. The topological polar surface area (TPSA) is 90.3 Å². The van der Waals surface area contributed by atoms with Crippen molar-refractivity contribution in [3.8, 4) is 16.1 Å². The van der Waals surface area contributed by atoms with E-state index in [2.05, 4.69) is 5.32 Å². The average Bonchev–Trinajstić information content (AvgIpc) is 3.72. The first-order valence-electron chi connectivity index (χ1n) is 11.8. The quantitative estimate of drug-likeness (QED) is 0.139. The van der Waals surface area contributed by atoms with E-state index in [4.69, 9.17) is 9.72 Å². The minimum absolute atomic E-state index is 0.0166. The van der Waals surface area contributed by atoms with Gasteiger partial charge in [-0.1, -0.05) is 36.0 Å². The highest BCUT2D eigenvalue weighted by atomic mass is 32.2. The number of carbonyl (C=O) groups excluding carboxylic acids is 2. The van der Waals surface area contributed by atoms with E-state index in [1.807, 2.05) is 53.2 Å². The zero-order valence-corrected chi connectivity index (χ0v) is 23.5. The van der Waals surface area contributed by atoms with E-state index in [-0.39, 0.29) is 17.2 Å². The lowest BCUT2D eigenvalue weighted by Gasteiger charge is -2.12. The normalized spacial score (nSPS) is 12.6. The van der Waals surface area contributed by atoms with Crippen LogP contribution < -0.4 is 10.9 Å². The number of aromatic nitrogens is 2. The Morgan fingerprint density at radius 1 is 1.13 bits per heavy atom. The lowest BCUT2D eigenvalue weighted by molar-refractivity contribution is -0.113. The average molecular weight is 580 g/mol. The third-order valence-electron chi connectivity index (χ3n) is 6.28. The number of hydrogen-bond acceptors (Lipinski definition) is 9. The predicted molar refractivity (Wildman–Crippen MR) is 156 cm³/mol. The molecule has 38 heavy (non-hydrogen) atoms. The van der Waals surface area contributed by atoms with Crippen molar-refractivity contribution in [3.63, 3.8) is 0 Å². The van der Waals surface area contributed by atoms with Crippen LogP contribution in [0.1, 0.15) is 27.2 Å². The van der Waals surface area contributed by atoms with Gasteiger partial charge in [0.15, 0.2) is 5.16 Å². The van der Waals surface area contributed by atoms with E-state index in [9.17, 15) is 14.4 Å². The number of aryl methyl sites for hydroxylation is 2. The van der Waals surface area contributed by atoms with Gasteiger partial charge in [-0.2, -0.15) is 0 Å². The second-order valence-electron chi connectivity index (χ2n) is 8.57. The summed E-state index contributed by atoms with van der Waals surface area (Å²) >= 11 is 5.57. The molecule has 5 aromatic rings. The van der Waals surface area contributed by atoms with Gasteiger partial charge in [-0.25, -0.2) is 9.78 Å². The molecule has 0 atom stereocenters. The van der Waals surface area contributed by atoms with Gasteiger partial charge in [0.05, 0.1) is 23.9 Å². The molecule has 0 aliphatic heterocycles. The molecule has 6 rings (SSSR count). The fourth-order valence-electron chi connectivity index (χ4n) is 4.59. The fraction of sp³-hybridized carbons (Fsp3) is 0.185. The van der Waals surface area contributed by atoms with Crippen LogP contribution >= 0.6 is 45.8 Å². The van der Waals surface area contributed by atoms with Crippen molar-refractivity contribution >= 4 is 72.9 Å². The van der Waals surface area contributed by atoms with E-state index in [0.29, 0.717) is 26.8 Å². The van der Waals surface area contributed by atoms with Gasteiger partial charge in [-0.3, -0.25) is 14.2 Å². The van der Waals surface area contributed by atoms with E-state index >= 15 is 0 Å². The summed E-state index contributed by atoms with van der Waals surface area (Å²) in [6.45, 7) is 0. The summed E-state index contributed by atoms with van der Waals surface area (Å²) in [5, 5.41) is 8.24. The minimum atomic E-state index is -0.506. The Morgan fingerprint density at radius 2 is 1.97 bits per heavy atom. The maximum absolute atomic E-state index is 13.7. The number of para-hydroxylation sites is 1. The molecule has 1 N–H and O–H groups in total. The van der Waals surface area contributed by atoms with Crippen LogP contribution in [0.3, 0.4) is 0 Å². The molecule has 0 fully saturated rings. The molecular weight excluding hydrogens is 559 g/mol. The molecule has 1 aliphatic carbocycles. The molecule has 4 heterocycles. The number of nitrogens with one attached hydrogen (secondary N) is 1. The summed E-state index contributed by atoms with van der Waals surface area (Å²) in [4.78, 5) is 47.1. The van der Waals surface area contributed by atoms with Crippen molar-refractivity contribution in [2.45, 2.75) is 24.4 Å². The van der Waals surface area contributed by atoms with Crippen molar-refractivity contribution in [2.75, 3.05) is 18.2 Å². The van der Waals surface area contributed by atoms with Crippen LogP contribution in [0, 0.1) is 0 Å². The zero-order valence-electron chi connectivity index (χ0n) is 20.2. The van der Waals surface area contributed by atoms with Crippen molar-refractivity contribution in [2.24, 2.45) is 0 Å². The summed E-state index contributed by atoms with van der Waals surface area (Å²) in [5.41, 5.74) is 2.80. The summed E-state index contributed by atoms with van der Waals surface area (Å²) in [6, 6.07) is 13.2. The lowest BCUT2D eigenvalue weighted by Crippen LogP contribution is -2.23. The molecule has 0 saturated carbocycles.